The van der Waals surface area contributed by atoms with E-state index in [0.717, 1.165) is 11.8 Å². The average molecular weight is 336 g/mol. The second-order valence-corrected chi connectivity index (χ2v) is 8.23. The van der Waals surface area contributed by atoms with E-state index in [0.29, 0.717) is 37.3 Å². The van der Waals surface area contributed by atoms with E-state index in [-0.39, 0.29) is 12.1 Å². The van der Waals surface area contributed by atoms with Crippen molar-refractivity contribution in [1.29, 1.82) is 0 Å². The summed E-state index contributed by atoms with van der Waals surface area (Å²) in [5.41, 5.74) is 0. The second kappa shape index (κ2) is 6.12. The molecule has 1 unspecified atom stereocenters. The molecule has 2 atom stereocenters. The molecule has 1 aliphatic heterocycles. The molecule has 0 radical (unpaired) electrons. The largest absolute Gasteiger partial charge is 0.465 e. The van der Waals surface area contributed by atoms with Crippen molar-refractivity contribution >= 4 is 12.2 Å². The zero-order chi connectivity index (χ0) is 16.8. The highest BCUT2D eigenvalue weighted by Crippen LogP contribution is 2.58. The Morgan fingerprint density at radius 1 is 1.12 bits per heavy atom. The monoisotopic (exact) mass is 336 g/mol. The third-order valence-electron chi connectivity index (χ3n) is 6.97. The number of carbonyl (C=O) groups excluding carboxylic acids is 1. The van der Waals surface area contributed by atoms with Gasteiger partial charge in [-0.3, -0.25) is 0 Å². The molecule has 2 amide bonds. The Labute approximate surface area is 142 Å². The van der Waals surface area contributed by atoms with Crippen LogP contribution in [0.3, 0.4) is 0 Å². The minimum absolute atomic E-state index is 0.0816. The Morgan fingerprint density at radius 3 is 2.29 bits per heavy atom. The van der Waals surface area contributed by atoms with Gasteiger partial charge in [-0.25, -0.2) is 9.59 Å². The summed E-state index contributed by atoms with van der Waals surface area (Å²) < 4.78 is 5.04. The summed E-state index contributed by atoms with van der Waals surface area (Å²) in [5.74, 6) is 3.40. The number of alkyl carbamates (subject to hydrolysis) is 1. The first-order valence-electron chi connectivity index (χ1n) is 9.49. The first-order chi connectivity index (χ1) is 11.6. The fourth-order valence-corrected chi connectivity index (χ4v) is 6.52. The zero-order valence-electron chi connectivity index (χ0n) is 14.3. The normalized spacial score (nSPS) is 43.0. The van der Waals surface area contributed by atoms with Crippen molar-refractivity contribution in [2.24, 2.45) is 29.6 Å². The highest BCUT2D eigenvalue weighted by molar-refractivity contribution is 5.69. The lowest BCUT2D eigenvalue weighted by Crippen LogP contribution is -2.58. The smallest absolute Gasteiger partial charge is 0.407 e. The molecular weight excluding hydrogens is 308 g/mol. The van der Waals surface area contributed by atoms with Gasteiger partial charge in [0.15, 0.2) is 0 Å². The van der Waals surface area contributed by atoms with Crippen LogP contribution in [0, 0.1) is 29.6 Å². The molecule has 6 nitrogen and oxygen atoms in total. The average Bonchev–Trinajstić information content (AvgIpc) is 2.90. The number of nitrogens with one attached hydrogen (secondary N) is 1. The lowest BCUT2D eigenvalue weighted by molar-refractivity contribution is -0.0674. The summed E-state index contributed by atoms with van der Waals surface area (Å²) in [7, 11) is 0. The number of rotatable bonds is 3. The van der Waals surface area contributed by atoms with E-state index in [1.54, 1.807) is 11.8 Å². The standard InChI is InChI=1S/C18H28N2O4/c1-2-24-17(21)19-14-3-4-20(18(22)23)16(14)15-12-6-10-5-11(8-12)9-13(15)7-10/h10-16H,2-9H2,1H3,(H,19,21)(H,22,23)/t10?,11?,12?,13?,14?,15?,16-/m0/s1. The summed E-state index contributed by atoms with van der Waals surface area (Å²) in [4.78, 5) is 25.3. The summed E-state index contributed by atoms with van der Waals surface area (Å²) in [6.45, 7) is 2.64. The molecule has 4 aliphatic carbocycles. The lowest BCUT2D eigenvalue weighted by atomic mass is 9.50. The third-order valence-corrected chi connectivity index (χ3v) is 6.97. The molecule has 6 heteroatoms. The number of hydrogen-bond acceptors (Lipinski definition) is 3. The van der Waals surface area contributed by atoms with Crippen LogP contribution in [0.15, 0.2) is 0 Å². The molecular formula is C18H28N2O4. The van der Waals surface area contributed by atoms with Crippen LogP contribution in [0.5, 0.6) is 0 Å². The van der Waals surface area contributed by atoms with Crippen molar-refractivity contribution in [1.82, 2.24) is 10.2 Å². The molecule has 2 N–H and O–H groups in total. The number of carbonyl (C=O) groups is 2. The maximum atomic E-state index is 11.9. The number of carboxylic acid groups (broad SMARTS) is 1. The molecule has 1 heterocycles. The SMILES string of the molecule is CCOC(=O)NC1CCN(C(=O)O)[C@@H]1C1C2CC3CC(C2)CC1C3. The number of likely N-dealkylation sites (tertiary alicyclic amines) is 1. The molecule has 0 aromatic heterocycles. The fourth-order valence-electron chi connectivity index (χ4n) is 6.52. The van der Waals surface area contributed by atoms with Gasteiger partial charge in [-0.2, -0.15) is 0 Å². The van der Waals surface area contributed by atoms with Gasteiger partial charge >= 0.3 is 12.2 Å². The van der Waals surface area contributed by atoms with Gasteiger partial charge in [-0.05, 0) is 75.0 Å². The van der Waals surface area contributed by atoms with Crippen molar-refractivity contribution in [3.8, 4) is 0 Å². The summed E-state index contributed by atoms with van der Waals surface area (Å²) in [5, 5.41) is 12.6. The fraction of sp³-hybridized carbons (Fsp3) is 0.889. The first-order valence-corrected chi connectivity index (χ1v) is 9.49. The lowest BCUT2D eigenvalue weighted by Gasteiger charge is -2.57. The van der Waals surface area contributed by atoms with E-state index in [1.807, 2.05) is 0 Å². The van der Waals surface area contributed by atoms with Crippen molar-refractivity contribution in [3.05, 3.63) is 0 Å². The van der Waals surface area contributed by atoms with Crippen LogP contribution in [-0.2, 0) is 4.74 Å². The summed E-state index contributed by atoms with van der Waals surface area (Å²) in [6.07, 6.45) is 5.85. The van der Waals surface area contributed by atoms with Crippen molar-refractivity contribution < 1.29 is 19.4 Å². The molecule has 134 valence electrons. The molecule has 1 saturated heterocycles. The maximum Gasteiger partial charge on any atom is 0.407 e. The van der Waals surface area contributed by atoms with Crippen LogP contribution < -0.4 is 5.32 Å². The summed E-state index contributed by atoms with van der Waals surface area (Å²) in [6, 6.07) is -0.190. The van der Waals surface area contributed by atoms with E-state index >= 15 is 0 Å². The van der Waals surface area contributed by atoms with Gasteiger partial charge < -0.3 is 20.1 Å². The number of nitrogens with zero attached hydrogens (tertiary/aromatic N) is 1. The van der Waals surface area contributed by atoms with Gasteiger partial charge in [0.2, 0.25) is 0 Å². The second-order valence-electron chi connectivity index (χ2n) is 8.23. The Kier molecular flexibility index (Phi) is 4.09. The predicted octanol–water partition coefficient (Wildman–Crippen LogP) is 2.93. The van der Waals surface area contributed by atoms with Crippen LogP contribution in [0.4, 0.5) is 9.59 Å². The van der Waals surface area contributed by atoms with E-state index in [1.165, 1.54) is 32.1 Å². The summed E-state index contributed by atoms with van der Waals surface area (Å²) >= 11 is 0. The first kappa shape index (κ1) is 16.0. The molecule has 5 rings (SSSR count). The van der Waals surface area contributed by atoms with Gasteiger partial charge in [-0.15, -0.1) is 0 Å². The van der Waals surface area contributed by atoms with Crippen molar-refractivity contribution in [2.45, 2.75) is 57.5 Å². The van der Waals surface area contributed by atoms with E-state index in [9.17, 15) is 14.7 Å². The Morgan fingerprint density at radius 2 is 1.75 bits per heavy atom. The van der Waals surface area contributed by atoms with Gasteiger partial charge in [0.1, 0.15) is 0 Å². The molecule has 0 aromatic carbocycles. The Hall–Kier alpha value is -1.46. The van der Waals surface area contributed by atoms with Gasteiger partial charge in [-0.1, -0.05) is 0 Å². The van der Waals surface area contributed by atoms with Crippen molar-refractivity contribution in [3.63, 3.8) is 0 Å². The van der Waals surface area contributed by atoms with Crippen molar-refractivity contribution in [2.75, 3.05) is 13.2 Å². The van der Waals surface area contributed by atoms with Gasteiger partial charge in [0.25, 0.3) is 0 Å². The molecule has 5 aliphatic rings. The minimum Gasteiger partial charge on any atom is -0.465 e. The molecule has 4 saturated carbocycles. The third kappa shape index (κ3) is 2.64. The van der Waals surface area contributed by atoms with Crippen LogP contribution in [0.1, 0.15) is 45.4 Å². The molecule has 0 aromatic rings. The predicted molar refractivity (Wildman–Crippen MR) is 87.6 cm³/mol. The molecule has 24 heavy (non-hydrogen) atoms. The van der Waals surface area contributed by atoms with Gasteiger partial charge in [0.05, 0.1) is 18.7 Å². The van der Waals surface area contributed by atoms with Crippen LogP contribution >= 0.6 is 0 Å². The van der Waals surface area contributed by atoms with E-state index < -0.39 is 12.2 Å². The molecule has 0 spiro atoms. The Balaban J connectivity index is 1.56. The van der Waals surface area contributed by atoms with Crippen LogP contribution in [0.2, 0.25) is 0 Å². The Bertz CT molecular complexity index is 495. The molecule has 5 fully saturated rings. The van der Waals surface area contributed by atoms with Crippen LogP contribution in [-0.4, -0.2) is 47.4 Å². The minimum atomic E-state index is -0.845. The number of ether oxygens (including phenoxy) is 1. The molecule has 4 bridgehead atoms. The highest BCUT2D eigenvalue weighted by atomic mass is 16.5. The topological polar surface area (TPSA) is 78.9 Å². The van der Waals surface area contributed by atoms with E-state index in [2.05, 4.69) is 5.32 Å². The van der Waals surface area contributed by atoms with Gasteiger partial charge in [0, 0.05) is 6.54 Å². The van der Waals surface area contributed by atoms with Crippen LogP contribution in [0.25, 0.3) is 0 Å². The highest BCUT2D eigenvalue weighted by Gasteiger charge is 2.55. The van der Waals surface area contributed by atoms with E-state index in [4.69, 9.17) is 4.74 Å². The zero-order valence-corrected chi connectivity index (χ0v) is 14.3. The number of hydrogen-bond donors (Lipinski definition) is 2. The quantitative estimate of drug-likeness (QED) is 0.830. The maximum absolute atomic E-state index is 11.9. The number of amides is 2.